The number of fused-ring (bicyclic) bond motifs is 1. The van der Waals surface area contributed by atoms with Crippen LogP contribution in [0.5, 0.6) is 0 Å². The Morgan fingerprint density at radius 2 is 2.04 bits per heavy atom. The van der Waals surface area contributed by atoms with Crippen molar-refractivity contribution in [2.24, 2.45) is 11.8 Å². The first-order valence-corrected chi connectivity index (χ1v) is 10.3. The summed E-state index contributed by atoms with van der Waals surface area (Å²) in [5, 5.41) is 0. The number of aromatic amines is 1. The van der Waals surface area contributed by atoms with E-state index in [1.54, 1.807) is 12.7 Å². The molecule has 146 valence electrons. The number of amides is 1. The lowest BCUT2D eigenvalue weighted by Gasteiger charge is -2.39. The maximum Gasteiger partial charge on any atom is 0.223 e. The Kier molecular flexibility index (Phi) is 5.27. The second-order valence-corrected chi connectivity index (χ2v) is 8.18. The van der Waals surface area contributed by atoms with E-state index in [-0.39, 0.29) is 0 Å². The molecule has 2 aromatic rings. The van der Waals surface area contributed by atoms with Gasteiger partial charge in [0, 0.05) is 32.1 Å². The Morgan fingerprint density at radius 3 is 2.74 bits per heavy atom. The zero-order chi connectivity index (χ0) is 18.8. The summed E-state index contributed by atoms with van der Waals surface area (Å²) in [6, 6.07) is 0.344. The normalized spacial score (nSPS) is 23.9. The Morgan fingerprint density at radius 1 is 1.22 bits per heavy atom. The molecule has 3 heterocycles. The molecular weight excluding hydrogens is 340 g/mol. The average Bonchev–Trinajstić information content (AvgIpc) is 3.31. The van der Waals surface area contributed by atoms with E-state index in [4.69, 9.17) is 0 Å². The summed E-state index contributed by atoms with van der Waals surface area (Å²) in [6.07, 6.45) is 9.67. The monoisotopic (exact) mass is 370 g/mol. The minimum absolute atomic E-state index is 0.344. The van der Waals surface area contributed by atoms with Crippen LogP contribution in [-0.4, -0.2) is 56.4 Å². The van der Waals surface area contributed by atoms with Crippen LogP contribution in [0, 0.1) is 11.8 Å². The number of nitrogens with zero attached hydrogens (tertiary/aromatic N) is 5. The molecule has 2 aromatic heterocycles. The van der Waals surface area contributed by atoms with Crippen molar-refractivity contribution in [2.45, 2.75) is 58.4 Å². The second-order valence-electron chi connectivity index (χ2n) is 8.18. The van der Waals surface area contributed by atoms with E-state index in [1.807, 2.05) is 0 Å². The lowest BCUT2D eigenvalue weighted by atomic mass is 9.98. The highest BCUT2D eigenvalue weighted by atomic mass is 16.2. The molecule has 0 spiro atoms. The summed E-state index contributed by atoms with van der Waals surface area (Å²) >= 11 is 0. The molecule has 4 rings (SSSR count). The standard InChI is InChI=1S/C20H30N6O/c1-3-26(17(27)11-15-5-4-14(2)10-15)16-6-8-25(9-7-16)20-18-19(22-12-21-18)23-13-24-20/h12-16H,3-11H2,1-2H3,(H,21,22,23,24). The van der Waals surface area contributed by atoms with Crippen LogP contribution in [0.15, 0.2) is 12.7 Å². The molecule has 2 unspecified atom stereocenters. The van der Waals surface area contributed by atoms with Gasteiger partial charge >= 0.3 is 0 Å². The summed E-state index contributed by atoms with van der Waals surface area (Å²) in [5.74, 6) is 2.66. The number of aromatic nitrogens is 4. The van der Waals surface area contributed by atoms with Crippen LogP contribution in [0.1, 0.15) is 52.4 Å². The van der Waals surface area contributed by atoms with Gasteiger partial charge in [0.1, 0.15) is 11.8 Å². The van der Waals surface area contributed by atoms with Gasteiger partial charge in [0.2, 0.25) is 5.91 Å². The minimum Gasteiger partial charge on any atom is -0.355 e. The van der Waals surface area contributed by atoms with Crippen LogP contribution in [0.2, 0.25) is 0 Å². The van der Waals surface area contributed by atoms with Crippen molar-refractivity contribution in [1.29, 1.82) is 0 Å². The van der Waals surface area contributed by atoms with E-state index in [9.17, 15) is 4.79 Å². The first-order chi connectivity index (χ1) is 13.2. The van der Waals surface area contributed by atoms with Crippen molar-refractivity contribution in [3.05, 3.63) is 12.7 Å². The van der Waals surface area contributed by atoms with E-state index in [2.05, 4.69) is 43.6 Å². The van der Waals surface area contributed by atoms with E-state index < -0.39 is 0 Å². The summed E-state index contributed by atoms with van der Waals surface area (Å²) in [5.41, 5.74) is 1.60. The fraction of sp³-hybridized carbons (Fsp3) is 0.700. The van der Waals surface area contributed by atoms with Crippen LogP contribution in [0.4, 0.5) is 5.82 Å². The number of anilines is 1. The zero-order valence-corrected chi connectivity index (χ0v) is 16.4. The van der Waals surface area contributed by atoms with Gasteiger partial charge < -0.3 is 14.8 Å². The Hall–Kier alpha value is -2.18. The second kappa shape index (κ2) is 7.82. The van der Waals surface area contributed by atoms with Crippen molar-refractivity contribution in [3.8, 4) is 0 Å². The molecule has 0 radical (unpaired) electrons. The molecule has 2 atom stereocenters. The van der Waals surface area contributed by atoms with Crippen molar-refractivity contribution < 1.29 is 4.79 Å². The first kappa shape index (κ1) is 18.2. The Balaban J connectivity index is 1.37. The quantitative estimate of drug-likeness (QED) is 0.875. The van der Waals surface area contributed by atoms with Crippen LogP contribution in [0.3, 0.4) is 0 Å². The maximum absolute atomic E-state index is 12.9. The first-order valence-electron chi connectivity index (χ1n) is 10.3. The van der Waals surface area contributed by atoms with Crippen molar-refractivity contribution in [2.75, 3.05) is 24.5 Å². The molecule has 1 aliphatic heterocycles. The van der Waals surface area contributed by atoms with E-state index >= 15 is 0 Å². The predicted molar refractivity (Wildman–Crippen MR) is 105 cm³/mol. The van der Waals surface area contributed by atoms with E-state index in [0.29, 0.717) is 23.5 Å². The Bertz CT molecular complexity index is 782. The molecule has 27 heavy (non-hydrogen) atoms. The third-order valence-electron chi connectivity index (χ3n) is 6.34. The molecule has 2 aliphatic rings. The summed E-state index contributed by atoms with van der Waals surface area (Å²) < 4.78 is 0. The predicted octanol–water partition coefficient (Wildman–Crippen LogP) is 3.00. The number of nitrogens with one attached hydrogen (secondary N) is 1. The van der Waals surface area contributed by atoms with Gasteiger partial charge in [-0.3, -0.25) is 4.79 Å². The SMILES string of the molecule is CCN(C(=O)CC1CCC(C)C1)C1CCN(c2ncnc3nc[nH]c23)CC1. The molecule has 1 saturated heterocycles. The summed E-state index contributed by atoms with van der Waals surface area (Å²) in [6.45, 7) is 7.03. The topological polar surface area (TPSA) is 78.0 Å². The van der Waals surface area contributed by atoms with Gasteiger partial charge in [-0.25, -0.2) is 15.0 Å². The van der Waals surface area contributed by atoms with Crippen molar-refractivity contribution in [3.63, 3.8) is 0 Å². The number of imidazole rings is 1. The number of piperidine rings is 1. The van der Waals surface area contributed by atoms with Gasteiger partial charge in [0.15, 0.2) is 11.5 Å². The molecule has 1 amide bonds. The lowest BCUT2D eigenvalue weighted by molar-refractivity contribution is -0.134. The minimum atomic E-state index is 0.344. The van der Waals surface area contributed by atoms with Gasteiger partial charge in [-0.2, -0.15) is 0 Å². The number of carbonyl (C=O) groups excluding carboxylic acids is 1. The third kappa shape index (κ3) is 3.77. The van der Waals surface area contributed by atoms with Gasteiger partial charge in [0.25, 0.3) is 0 Å². The average molecular weight is 371 g/mol. The smallest absolute Gasteiger partial charge is 0.223 e. The fourth-order valence-corrected chi connectivity index (χ4v) is 4.89. The van der Waals surface area contributed by atoms with Crippen LogP contribution < -0.4 is 4.90 Å². The highest BCUT2D eigenvalue weighted by molar-refractivity contribution is 5.82. The van der Waals surface area contributed by atoms with E-state index in [1.165, 1.54) is 19.3 Å². The molecule has 2 fully saturated rings. The van der Waals surface area contributed by atoms with Crippen molar-refractivity contribution >= 4 is 22.9 Å². The number of carbonyl (C=O) groups is 1. The lowest BCUT2D eigenvalue weighted by Crippen LogP contribution is -2.48. The molecule has 0 aromatic carbocycles. The highest BCUT2D eigenvalue weighted by Gasteiger charge is 2.31. The third-order valence-corrected chi connectivity index (χ3v) is 6.34. The highest BCUT2D eigenvalue weighted by Crippen LogP contribution is 2.33. The van der Waals surface area contributed by atoms with Gasteiger partial charge in [-0.1, -0.05) is 13.3 Å². The summed E-state index contributed by atoms with van der Waals surface area (Å²) in [4.78, 5) is 33.4. The molecule has 7 nitrogen and oxygen atoms in total. The maximum atomic E-state index is 12.9. The van der Waals surface area contributed by atoms with Gasteiger partial charge in [0.05, 0.1) is 6.33 Å². The van der Waals surface area contributed by atoms with E-state index in [0.717, 1.165) is 56.1 Å². The van der Waals surface area contributed by atoms with Crippen LogP contribution in [-0.2, 0) is 4.79 Å². The Labute approximate surface area is 160 Å². The molecular formula is C20H30N6O. The molecule has 1 aliphatic carbocycles. The van der Waals surface area contributed by atoms with Gasteiger partial charge in [-0.05, 0) is 44.4 Å². The molecule has 1 N–H and O–H groups in total. The van der Waals surface area contributed by atoms with Gasteiger partial charge in [-0.15, -0.1) is 0 Å². The fourth-order valence-electron chi connectivity index (χ4n) is 4.89. The molecule has 7 heteroatoms. The molecule has 0 bridgehead atoms. The molecule has 1 saturated carbocycles. The van der Waals surface area contributed by atoms with Crippen molar-refractivity contribution in [1.82, 2.24) is 24.8 Å². The van der Waals surface area contributed by atoms with Crippen LogP contribution >= 0.6 is 0 Å². The largest absolute Gasteiger partial charge is 0.355 e. The van der Waals surface area contributed by atoms with Crippen LogP contribution in [0.25, 0.3) is 11.2 Å². The zero-order valence-electron chi connectivity index (χ0n) is 16.4. The number of hydrogen-bond acceptors (Lipinski definition) is 5. The summed E-state index contributed by atoms with van der Waals surface area (Å²) in [7, 11) is 0. The number of rotatable bonds is 5. The number of H-pyrrole nitrogens is 1. The number of hydrogen-bond donors (Lipinski definition) is 1.